The van der Waals surface area contributed by atoms with E-state index in [1.807, 2.05) is 0 Å². The fourth-order valence-electron chi connectivity index (χ4n) is 12.5. The van der Waals surface area contributed by atoms with Gasteiger partial charge in [0.05, 0.1) is 26.4 Å². The van der Waals surface area contributed by atoms with Gasteiger partial charge in [-0.05, 0) is 25.7 Å². The van der Waals surface area contributed by atoms with Crippen LogP contribution in [0.4, 0.5) is 0 Å². The predicted octanol–water partition coefficient (Wildman–Crippen LogP) is 24.2. The molecule has 0 bridgehead atoms. The number of ether oxygens (including phenoxy) is 4. The summed E-state index contributed by atoms with van der Waals surface area (Å²) < 4.78 is 68.7. The first-order chi connectivity index (χ1) is 48.2. The van der Waals surface area contributed by atoms with E-state index in [2.05, 4.69) is 27.7 Å². The van der Waals surface area contributed by atoms with Gasteiger partial charge in [0.15, 0.2) is 12.2 Å². The fraction of sp³-hybridized carbons (Fsp3) is 0.950. The molecule has 0 saturated carbocycles. The molecule has 3 N–H and O–H groups in total. The van der Waals surface area contributed by atoms with Crippen molar-refractivity contribution < 1.29 is 80.2 Å². The van der Waals surface area contributed by atoms with E-state index >= 15 is 0 Å². The highest BCUT2D eigenvalue weighted by Gasteiger charge is 2.30. The minimum atomic E-state index is -4.96. The molecule has 0 aromatic heterocycles. The molecule has 19 heteroatoms. The fourth-order valence-corrected chi connectivity index (χ4v) is 14.0. The molecular weight excluding hydrogens is 1290 g/mol. The Morgan fingerprint density at radius 1 is 0.242 bits per heavy atom. The lowest BCUT2D eigenvalue weighted by atomic mass is 10.0. The lowest BCUT2D eigenvalue weighted by Gasteiger charge is -2.21. The highest BCUT2D eigenvalue weighted by molar-refractivity contribution is 7.47. The monoisotopic (exact) mass is 1450 g/mol. The Kier molecular flexibility index (Phi) is 72.9. The molecule has 0 aliphatic heterocycles. The van der Waals surface area contributed by atoms with Crippen molar-refractivity contribution in [2.75, 3.05) is 39.6 Å². The quantitative estimate of drug-likeness (QED) is 0.0222. The van der Waals surface area contributed by atoms with Crippen LogP contribution in [-0.4, -0.2) is 96.7 Å². The minimum Gasteiger partial charge on any atom is -0.462 e. The van der Waals surface area contributed by atoms with Crippen molar-refractivity contribution in [3.05, 3.63) is 0 Å². The standard InChI is InChI=1S/C80H156O17P2/c1-5-9-13-17-21-25-29-31-33-35-36-37-39-41-43-47-51-55-59-63-67-80(85)97-76(71-91-78(83)65-61-57-53-49-46-42-40-38-34-32-30-26-22-18-14-10-6-2)73-95-99(88,89)93-69-74(81)68-92-98(86,87)94-72-75(96-79(84)66-62-58-54-50-45-28-24-20-16-12-8-4)70-90-77(82)64-60-56-52-48-44-27-23-19-15-11-7-3/h74-76,81H,5-73H2,1-4H3,(H,86,87)(H,88,89)/t74-,75+,76+/m0/s1. The SMILES string of the molecule is CCCCCCCCCCCCCCCCCCCCCCC(=O)O[C@H](COC(=O)CCCCCCCCCCCCCCCCCCC)COP(=O)(O)OC[C@@H](O)COP(=O)(O)OC[C@@H](COC(=O)CCCCCCCCCCCCC)OC(=O)CCCCCCCCCCCCC. The first-order valence-corrected chi connectivity index (χ1v) is 44.8. The first-order valence-electron chi connectivity index (χ1n) is 41.8. The summed E-state index contributed by atoms with van der Waals surface area (Å²) in [6, 6.07) is 0. The van der Waals surface area contributed by atoms with Crippen LogP contribution in [0.5, 0.6) is 0 Å². The molecule has 0 fully saturated rings. The van der Waals surface area contributed by atoms with Crippen LogP contribution in [-0.2, 0) is 65.4 Å². The molecule has 17 nitrogen and oxygen atoms in total. The Morgan fingerprint density at radius 3 is 0.596 bits per heavy atom. The van der Waals surface area contributed by atoms with E-state index in [9.17, 15) is 43.2 Å². The zero-order chi connectivity index (χ0) is 72.5. The average Bonchev–Trinajstić information content (AvgIpc) is 1.59. The van der Waals surface area contributed by atoms with Gasteiger partial charge >= 0.3 is 39.5 Å². The molecule has 0 spiro atoms. The van der Waals surface area contributed by atoms with Crippen LogP contribution in [0.2, 0.25) is 0 Å². The van der Waals surface area contributed by atoms with Gasteiger partial charge in [0, 0.05) is 25.7 Å². The Labute approximate surface area is 607 Å². The summed E-state index contributed by atoms with van der Waals surface area (Å²) in [5.41, 5.74) is 0. The van der Waals surface area contributed by atoms with Gasteiger partial charge in [0.2, 0.25) is 0 Å². The maximum Gasteiger partial charge on any atom is 0.472 e. The molecule has 0 aromatic rings. The van der Waals surface area contributed by atoms with Crippen molar-refractivity contribution in [2.45, 2.75) is 451 Å². The van der Waals surface area contributed by atoms with Gasteiger partial charge < -0.3 is 33.8 Å². The zero-order valence-electron chi connectivity index (χ0n) is 64.5. The van der Waals surface area contributed by atoms with Crippen LogP contribution in [0.25, 0.3) is 0 Å². The van der Waals surface area contributed by atoms with Gasteiger partial charge in [-0.25, -0.2) is 9.13 Å². The lowest BCUT2D eigenvalue weighted by Crippen LogP contribution is -2.30. The molecule has 0 rings (SSSR count). The number of aliphatic hydroxyl groups excluding tert-OH is 1. The Hall–Kier alpha value is -1.94. The summed E-state index contributed by atoms with van der Waals surface area (Å²) in [5.74, 6) is -2.11. The van der Waals surface area contributed by atoms with Crippen molar-refractivity contribution in [2.24, 2.45) is 0 Å². The maximum absolute atomic E-state index is 13.1. The molecule has 5 atom stereocenters. The number of hydrogen-bond acceptors (Lipinski definition) is 15. The molecule has 2 unspecified atom stereocenters. The maximum atomic E-state index is 13.1. The Morgan fingerprint density at radius 2 is 0.404 bits per heavy atom. The van der Waals surface area contributed by atoms with E-state index in [1.54, 1.807) is 0 Å². The van der Waals surface area contributed by atoms with Crippen LogP contribution in [0.3, 0.4) is 0 Å². The van der Waals surface area contributed by atoms with Gasteiger partial charge in [0.25, 0.3) is 0 Å². The summed E-state index contributed by atoms with van der Waals surface area (Å²) in [6.07, 6.45) is 66.6. The number of phosphoric acid groups is 2. The van der Waals surface area contributed by atoms with E-state index in [0.717, 1.165) is 89.9 Å². The van der Waals surface area contributed by atoms with Crippen molar-refractivity contribution in [1.82, 2.24) is 0 Å². The number of phosphoric ester groups is 2. The number of carbonyl (C=O) groups excluding carboxylic acids is 4. The third-order valence-electron chi connectivity index (χ3n) is 18.9. The van der Waals surface area contributed by atoms with Crippen molar-refractivity contribution in [3.63, 3.8) is 0 Å². The summed E-state index contributed by atoms with van der Waals surface area (Å²) in [7, 11) is -9.91. The number of rotatable bonds is 81. The van der Waals surface area contributed by atoms with E-state index in [-0.39, 0.29) is 25.7 Å². The molecule has 99 heavy (non-hydrogen) atoms. The minimum absolute atomic E-state index is 0.108. The van der Waals surface area contributed by atoms with E-state index in [0.29, 0.717) is 25.7 Å². The van der Waals surface area contributed by atoms with Crippen LogP contribution in [0.15, 0.2) is 0 Å². The molecule has 0 aliphatic carbocycles. The van der Waals surface area contributed by atoms with Gasteiger partial charge in [-0.1, -0.05) is 381 Å². The summed E-state index contributed by atoms with van der Waals surface area (Å²) in [6.45, 7) is 5.01. The molecule has 0 aliphatic rings. The van der Waals surface area contributed by atoms with Crippen molar-refractivity contribution in [3.8, 4) is 0 Å². The normalized spacial score (nSPS) is 13.8. The van der Waals surface area contributed by atoms with E-state index in [4.69, 9.17) is 37.0 Å². The Balaban J connectivity index is 5.21. The van der Waals surface area contributed by atoms with Gasteiger partial charge in [-0.15, -0.1) is 0 Å². The van der Waals surface area contributed by atoms with E-state index in [1.165, 1.54) is 263 Å². The first kappa shape index (κ1) is 97.1. The molecule has 0 radical (unpaired) electrons. The number of carbonyl (C=O) groups is 4. The summed E-state index contributed by atoms with van der Waals surface area (Å²) in [4.78, 5) is 72.9. The lowest BCUT2D eigenvalue weighted by molar-refractivity contribution is -0.161. The van der Waals surface area contributed by atoms with Crippen LogP contribution >= 0.6 is 15.6 Å². The molecule has 588 valence electrons. The average molecular weight is 1450 g/mol. The largest absolute Gasteiger partial charge is 0.472 e. The third-order valence-corrected chi connectivity index (χ3v) is 20.8. The van der Waals surface area contributed by atoms with Crippen LogP contribution in [0.1, 0.15) is 432 Å². The van der Waals surface area contributed by atoms with E-state index < -0.39 is 97.5 Å². The number of esters is 4. The molecule has 0 amide bonds. The van der Waals surface area contributed by atoms with Crippen molar-refractivity contribution in [1.29, 1.82) is 0 Å². The third kappa shape index (κ3) is 74.1. The molecular formula is C80H156O17P2. The smallest absolute Gasteiger partial charge is 0.462 e. The summed E-state index contributed by atoms with van der Waals surface area (Å²) in [5, 5.41) is 10.6. The number of unbranched alkanes of at least 4 members (excludes halogenated alkanes) is 55. The van der Waals surface area contributed by atoms with Gasteiger partial charge in [-0.3, -0.25) is 37.3 Å². The summed E-state index contributed by atoms with van der Waals surface area (Å²) >= 11 is 0. The predicted molar refractivity (Wildman–Crippen MR) is 405 cm³/mol. The number of hydrogen-bond donors (Lipinski definition) is 3. The van der Waals surface area contributed by atoms with Crippen molar-refractivity contribution >= 4 is 39.5 Å². The second-order valence-electron chi connectivity index (χ2n) is 28.8. The zero-order valence-corrected chi connectivity index (χ0v) is 66.3. The topological polar surface area (TPSA) is 237 Å². The Bertz CT molecular complexity index is 1880. The molecule has 0 saturated heterocycles. The molecule has 0 heterocycles. The van der Waals surface area contributed by atoms with Crippen LogP contribution in [0, 0.1) is 0 Å². The highest BCUT2D eigenvalue weighted by atomic mass is 31.2. The molecule has 0 aromatic carbocycles. The second-order valence-corrected chi connectivity index (χ2v) is 31.7. The highest BCUT2D eigenvalue weighted by Crippen LogP contribution is 2.45. The van der Waals surface area contributed by atoms with Gasteiger partial charge in [0.1, 0.15) is 19.3 Å². The second kappa shape index (κ2) is 74.3. The van der Waals surface area contributed by atoms with Crippen LogP contribution < -0.4 is 0 Å². The van der Waals surface area contributed by atoms with Gasteiger partial charge in [-0.2, -0.15) is 0 Å². The number of aliphatic hydroxyl groups is 1.